The number of benzene rings is 4. The normalized spacial score (nSPS) is 14.5. The first-order valence-corrected chi connectivity index (χ1v) is 15.6. The second-order valence-corrected chi connectivity index (χ2v) is 11.7. The van der Waals surface area contributed by atoms with Crippen molar-refractivity contribution in [2.45, 2.75) is 39.8 Å². The van der Waals surface area contributed by atoms with E-state index in [1.165, 1.54) is 16.8 Å². The maximum Gasteiger partial charge on any atom is 0.263 e. The van der Waals surface area contributed by atoms with Crippen molar-refractivity contribution in [2.75, 3.05) is 31.1 Å². The second kappa shape index (κ2) is 12.9. The van der Waals surface area contributed by atoms with E-state index in [0.29, 0.717) is 22.9 Å². The van der Waals surface area contributed by atoms with Crippen LogP contribution in [0.5, 0.6) is 0 Å². The van der Waals surface area contributed by atoms with Gasteiger partial charge in [-0.05, 0) is 55.7 Å². The van der Waals surface area contributed by atoms with Crippen molar-refractivity contribution in [3.05, 3.63) is 141 Å². The third-order valence-electron chi connectivity index (χ3n) is 8.78. The van der Waals surface area contributed by atoms with Crippen molar-refractivity contribution in [3.63, 3.8) is 0 Å². The molecule has 6 rings (SSSR count). The average Bonchev–Trinajstić information content (AvgIpc) is 3.05. The van der Waals surface area contributed by atoms with Crippen LogP contribution in [0.3, 0.4) is 0 Å². The molecule has 4 aromatic carbocycles. The zero-order valence-corrected chi connectivity index (χ0v) is 25.8. The van der Waals surface area contributed by atoms with E-state index >= 15 is 0 Å². The van der Waals surface area contributed by atoms with Crippen molar-refractivity contribution in [1.29, 1.82) is 0 Å². The van der Waals surface area contributed by atoms with Crippen LogP contribution >= 0.6 is 0 Å². The number of amides is 1. The number of rotatable bonds is 8. The molecule has 0 saturated carbocycles. The zero-order chi connectivity index (χ0) is 30.6. The summed E-state index contributed by atoms with van der Waals surface area (Å²) in [4.78, 5) is 33.4. The van der Waals surface area contributed by atoms with Crippen LogP contribution in [-0.4, -0.2) is 41.6 Å². The van der Waals surface area contributed by atoms with E-state index in [1.807, 2.05) is 84.9 Å². The number of pyridine rings is 1. The summed E-state index contributed by atoms with van der Waals surface area (Å²) in [7, 11) is 0. The van der Waals surface area contributed by atoms with Gasteiger partial charge in [0.1, 0.15) is 0 Å². The first kappa shape index (κ1) is 29.4. The van der Waals surface area contributed by atoms with E-state index in [4.69, 9.17) is 0 Å². The molecule has 0 unspecified atom stereocenters. The predicted octanol–water partition coefficient (Wildman–Crippen LogP) is 6.81. The Morgan fingerprint density at radius 3 is 2.09 bits per heavy atom. The van der Waals surface area contributed by atoms with Crippen molar-refractivity contribution in [1.82, 2.24) is 14.8 Å². The standard InChI is InChI=1S/C38H40N4O2/c1-4-33(29-13-7-5-8-14-29)39-37(43)36-31-17-11-12-18-32(31)38(44)42(30-15-9-6-10-16-30)35(36)26-40-21-23-41(24-22-40)34-20-19-27(2)25-28(34)3/h5-20,25,33H,4,21-24,26H2,1-3H3,(H,39,43)/t33-/m0/s1. The molecule has 1 aromatic heterocycles. The van der Waals surface area contributed by atoms with Gasteiger partial charge in [0.25, 0.3) is 11.5 Å². The van der Waals surface area contributed by atoms with Gasteiger partial charge in [-0.25, -0.2) is 0 Å². The van der Waals surface area contributed by atoms with E-state index in [1.54, 1.807) is 4.57 Å². The number of piperazine rings is 1. The highest BCUT2D eigenvalue weighted by Crippen LogP contribution is 2.27. The van der Waals surface area contributed by atoms with Gasteiger partial charge in [-0.15, -0.1) is 0 Å². The highest BCUT2D eigenvalue weighted by Gasteiger charge is 2.27. The molecule has 1 fully saturated rings. The molecule has 6 heteroatoms. The lowest BCUT2D eigenvalue weighted by molar-refractivity contribution is 0.0934. The Balaban J connectivity index is 1.41. The summed E-state index contributed by atoms with van der Waals surface area (Å²) in [5.41, 5.74) is 6.83. The smallest absolute Gasteiger partial charge is 0.263 e. The maximum atomic E-state index is 14.4. The molecule has 0 aliphatic carbocycles. The molecule has 224 valence electrons. The number of hydrogen-bond donors (Lipinski definition) is 1. The monoisotopic (exact) mass is 584 g/mol. The minimum atomic E-state index is -0.162. The Bertz CT molecular complexity index is 1820. The van der Waals surface area contributed by atoms with Gasteiger partial charge in [0.2, 0.25) is 0 Å². The van der Waals surface area contributed by atoms with Crippen LogP contribution in [0, 0.1) is 13.8 Å². The van der Waals surface area contributed by atoms with E-state index in [-0.39, 0.29) is 17.5 Å². The summed E-state index contributed by atoms with van der Waals surface area (Å²) in [5, 5.41) is 4.55. The Hall–Kier alpha value is -4.68. The molecule has 0 spiro atoms. The third-order valence-corrected chi connectivity index (χ3v) is 8.78. The van der Waals surface area contributed by atoms with Crippen molar-refractivity contribution in [3.8, 4) is 5.69 Å². The van der Waals surface area contributed by atoms with E-state index < -0.39 is 0 Å². The lowest BCUT2D eigenvalue weighted by Gasteiger charge is -2.37. The van der Waals surface area contributed by atoms with Crippen molar-refractivity contribution >= 4 is 22.4 Å². The van der Waals surface area contributed by atoms with Gasteiger partial charge in [0.05, 0.1) is 17.3 Å². The Labute approximate surface area is 259 Å². The highest BCUT2D eigenvalue weighted by molar-refractivity contribution is 6.08. The maximum absolute atomic E-state index is 14.4. The van der Waals surface area contributed by atoms with E-state index in [0.717, 1.165) is 49.5 Å². The van der Waals surface area contributed by atoms with Gasteiger partial charge in [0, 0.05) is 54.9 Å². The quantitative estimate of drug-likeness (QED) is 0.218. The highest BCUT2D eigenvalue weighted by atomic mass is 16.2. The minimum absolute atomic E-state index is 0.109. The number of nitrogens with one attached hydrogen (secondary N) is 1. The van der Waals surface area contributed by atoms with Crippen LogP contribution in [-0.2, 0) is 6.54 Å². The summed E-state index contributed by atoms with van der Waals surface area (Å²) < 4.78 is 1.76. The minimum Gasteiger partial charge on any atom is -0.369 e. The fourth-order valence-corrected chi connectivity index (χ4v) is 6.51. The lowest BCUT2D eigenvalue weighted by atomic mass is 9.99. The number of aryl methyl sites for hydroxylation is 2. The average molecular weight is 585 g/mol. The molecule has 1 aliphatic heterocycles. The number of carbonyl (C=O) groups is 1. The fraction of sp³-hybridized carbons (Fsp3) is 0.263. The molecule has 6 nitrogen and oxygen atoms in total. The molecule has 1 N–H and O–H groups in total. The number of aromatic nitrogens is 1. The number of anilines is 1. The molecule has 0 radical (unpaired) electrons. The van der Waals surface area contributed by atoms with Gasteiger partial charge >= 0.3 is 0 Å². The van der Waals surface area contributed by atoms with Crippen LogP contribution in [0.4, 0.5) is 5.69 Å². The Morgan fingerprint density at radius 2 is 1.43 bits per heavy atom. The molecule has 1 saturated heterocycles. The SMILES string of the molecule is CC[C@H](NC(=O)c1c(CN2CCN(c3ccc(C)cc3C)CC2)n(-c2ccccc2)c(=O)c2ccccc12)c1ccccc1. The van der Waals surface area contributed by atoms with E-state index in [9.17, 15) is 9.59 Å². The number of para-hydroxylation sites is 1. The number of nitrogens with zero attached hydrogens (tertiary/aromatic N) is 3. The largest absolute Gasteiger partial charge is 0.369 e. The number of hydrogen-bond acceptors (Lipinski definition) is 4. The molecule has 0 bridgehead atoms. The molecule has 1 aliphatic rings. The second-order valence-electron chi connectivity index (χ2n) is 11.7. The number of fused-ring (bicyclic) bond motifs is 1. The number of carbonyl (C=O) groups excluding carboxylic acids is 1. The molecule has 1 amide bonds. The Morgan fingerprint density at radius 1 is 0.795 bits per heavy atom. The fourth-order valence-electron chi connectivity index (χ4n) is 6.51. The molecular formula is C38H40N4O2. The molecule has 44 heavy (non-hydrogen) atoms. The van der Waals surface area contributed by atoms with Gasteiger partial charge in [0.15, 0.2) is 0 Å². The van der Waals surface area contributed by atoms with E-state index in [2.05, 4.69) is 54.1 Å². The lowest BCUT2D eigenvalue weighted by Crippen LogP contribution is -2.47. The van der Waals surface area contributed by atoms with Gasteiger partial charge < -0.3 is 10.2 Å². The first-order valence-electron chi connectivity index (χ1n) is 15.6. The van der Waals surface area contributed by atoms with Crippen LogP contribution in [0.15, 0.2) is 108 Å². The summed E-state index contributed by atoms with van der Waals surface area (Å²) in [5.74, 6) is -0.162. The van der Waals surface area contributed by atoms with Crippen LogP contribution in [0.25, 0.3) is 16.5 Å². The van der Waals surface area contributed by atoms with Crippen LogP contribution < -0.4 is 15.8 Å². The molecular weight excluding hydrogens is 544 g/mol. The summed E-state index contributed by atoms with van der Waals surface area (Å²) in [6.45, 7) is 10.3. The summed E-state index contributed by atoms with van der Waals surface area (Å²) in [6, 6.07) is 33.8. The summed E-state index contributed by atoms with van der Waals surface area (Å²) >= 11 is 0. The molecule has 2 heterocycles. The third kappa shape index (κ3) is 5.90. The molecule has 5 aromatic rings. The van der Waals surface area contributed by atoms with Crippen molar-refractivity contribution < 1.29 is 4.79 Å². The molecule has 1 atom stereocenters. The zero-order valence-electron chi connectivity index (χ0n) is 25.8. The Kier molecular flexibility index (Phi) is 8.62. The predicted molar refractivity (Wildman–Crippen MR) is 180 cm³/mol. The van der Waals surface area contributed by atoms with Gasteiger partial charge in [-0.1, -0.05) is 91.3 Å². The van der Waals surface area contributed by atoms with Gasteiger partial charge in [-0.3, -0.25) is 19.1 Å². The van der Waals surface area contributed by atoms with Gasteiger partial charge in [-0.2, -0.15) is 0 Å². The summed E-state index contributed by atoms with van der Waals surface area (Å²) in [6.07, 6.45) is 0.752. The van der Waals surface area contributed by atoms with Crippen LogP contribution in [0.1, 0.15) is 52.1 Å². The first-order chi connectivity index (χ1) is 21.4. The topological polar surface area (TPSA) is 57.6 Å². The van der Waals surface area contributed by atoms with Crippen LogP contribution in [0.2, 0.25) is 0 Å². The van der Waals surface area contributed by atoms with Crippen molar-refractivity contribution in [2.24, 2.45) is 0 Å².